The largest absolute Gasteiger partial charge is 0.349 e. The van der Waals surface area contributed by atoms with Gasteiger partial charge in [-0.2, -0.15) is 5.26 Å². The summed E-state index contributed by atoms with van der Waals surface area (Å²) in [4.78, 5) is 12.0. The second-order valence-electron chi connectivity index (χ2n) is 5.11. The van der Waals surface area contributed by atoms with Gasteiger partial charge in [-0.3, -0.25) is 4.79 Å². The molecule has 0 aromatic heterocycles. The third-order valence-corrected chi connectivity index (χ3v) is 4.57. The number of hydrogen-bond acceptors (Lipinski definition) is 3. The van der Waals surface area contributed by atoms with E-state index in [-0.39, 0.29) is 11.9 Å². The minimum absolute atomic E-state index is 0.0306. The summed E-state index contributed by atoms with van der Waals surface area (Å²) in [6, 6.07) is 17.0. The van der Waals surface area contributed by atoms with Crippen molar-refractivity contribution in [3.8, 4) is 6.07 Å². The Balaban J connectivity index is 1.82. The lowest BCUT2D eigenvalue weighted by atomic mass is 10.1. The number of nitrogens with zero attached hydrogens (tertiary/aromatic N) is 1. The topological polar surface area (TPSA) is 52.9 Å². The first-order valence-corrected chi connectivity index (χ1v) is 8.74. The Morgan fingerprint density at radius 3 is 2.83 bits per heavy atom. The number of nitriles is 1. The van der Waals surface area contributed by atoms with Crippen LogP contribution >= 0.6 is 23.4 Å². The first-order valence-electron chi connectivity index (χ1n) is 7.20. The van der Waals surface area contributed by atoms with E-state index in [0.29, 0.717) is 22.1 Å². The number of carbonyl (C=O) groups is 1. The van der Waals surface area contributed by atoms with Crippen LogP contribution in [-0.4, -0.2) is 11.7 Å². The first-order chi connectivity index (χ1) is 11.1. The summed E-state index contributed by atoms with van der Waals surface area (Å²) in [5.74, 6) is 0.963. The number of thioether (sulfide) groups is 1. The molecule has 1 N–H and O–H groups in total. The summed E-state index contributed by atoms with van der Waals surface area (Å²) in [7, 11) is 0. The molecule has 2 aromatic rings. The molecule has 1 atom stereocenters. The molecule has 2 rings (SSSR count). The van der Waals surface area contributed by atoms with Gasteiger partial charge in [0.25, 0.3) is 0 Å². The van der Waals surface area contributed by atoms with Crippen LogP contribution in [0.4, 0.5) is 0 Å². The maximum Gasteiger partial charge on any atom is 0.230 e. The molecule has 3 nitrogen and oxygen atoms in total. The van der Waals surface area contributed by atoms with Crippen LogP contribution in [0.15, 0.2) is 48.5 Å². The third-order valence-electron chi connectivity index (χ3n) is 3.35. The summed E-state index contributed by atoms with van der Waals surface area (Å²) in [5.41, 5.74) is 2.59. The molecular weight excluding hydrogens is 328 g/mol. The SMILES string of the molecule is C[C@@H](NC(=O)CSCc1ccccc1C#N)c1cccc(Cl)c1. The maximum absolute atomic E-state index is 12.0. The van der Waals surface area contributed by atoms with Crippen molar-refractivity contribution < 1.29 is 4.79 Å². The van der Waals surface area contributed by atoms with E-state index in [2.05, 4.69) is 11.4 Å². The standard InChI is InChI=1S/C18H17ClN2OS/c1-13(14-7-4-8-17(19)9-14)21-18(22)12-23-11-16-6-3-2-5-15(16)10-20/h2-9,13H,11-12H2,1H3,(H,21,22)/t13-/m1/s1. The Morgan fingerprint density at radius 2 is 2.09 bits per heavy atom. The Morgan fingerprint density at radius 1 is 1.30 bits per heavy atom. The van der Waals surface area contributed by atoms with Gasteiger partial charge in [0.15, 0.2) is 0 Å². The normalized spacial score (nSPS) is 11.5. The van der Waals surface area contributed by atoms with Crippen molar-refractivity contribution in [2.75, 3.05) is 5.75 Å². The average Bonchev–Trinajstić information content (AvgIpc) is 2.55. The van der Waals surface area contributed by atoms with Gasteiger partial charge in [-0.05, 0) is 36.2 Å². The Bertz CT molecular complexity index is 727. The monoisotopic (exact) mass is 344 g/mol. The van der Waals surface area contributed by atoms with Crippen LogP contribution in [0.25, 0.3) is 0 Å². The lowest BCUT2D eigenvalue weighted by molar-refractivity contribution is -0.119. The number of rotatable bonds is 6. The van der Waals surface area contributed by atoms with Crippen molar-refractivity contribution >= 4 is 29.3 Å². The van der Waals surface area contributed by atoms with Gasteiger partial charge in [0, 0.05) is 10.8 Å². The maximum atomic E-state index is 12.0. The molecule has 0 unspecified atom stereocenters. The Hall–Kier alpha value is -1.96. The zero-order chi connectivity index (χ0) is 16.7. The molecule has 0 fully saturated rings. The Kier molecular flexibility index (Phi) is 6.52. The van der Waals surface area contributed by atoms with Crippen molar-refractivity contribution in [3.63, 3.8) is 0 Å². The number of amides is 1. The second-order valence-corrected chi connectivity index (χ2v) is 6.53. The quantitative estimate of drug-likeness (QED) is 0.848. The van der Waals surface area contributed by atoms with Gasteiger partial charge in [0.1, 0.15) is 0 Å². The molecule has 0 aliphatic carbocycles. The number of hydrogen-bond donors (Lipinski definition) is 1. The van der Waals surface area contributed by atoms with Gasteiger partial charge >= 0.3 is 0 Å². The van der Waals surface area contributed by atoms with E-state index in [4.69, 9.17) is 16.9 Å². The molecule has 0 aliphatic rings. The fourth-order valence-corrected chi connectivity index (χ4v) is 3.19. The fraction of sp³-hybridized carbons (Fsp3) is 0.222. The fourth-order valence-electron chi connectivity index (χ4n) is 2.15. The highest BCUT2D eigenvalue weighted by atomic mass is 35.5. The van der Waals surface area contributed by atoms with Gasteiger partial charge in [0.05, 0.1) is 23.4 Å². The summed E-state index contributed by atoms with van der Waals surface area (Å²) in [6.45, 7) is 1.93. The predicted molar refractivity (Wildman–Crippen MR) is 95.3 cm³/mol. The zero-order valence-electron chi connectivity index (χ0n) is 12.8. The van der Waals surface area contributed by atoms with E-state index >= 15 is 0 Å². The predicted octanol–water partition coefficient (Wildman–Crippen LogP) is 4.32. The van der Waals surface area contributed by atoms with E-state index < -0.39 is 0 Å². The van der Waals surface area contributed by atoms with Crippen LogP contribution in [-0.2, 0) is 10.5 Å². The zero-order valence-corrected chi connectivity index (χ0v) is 14.3. The summed E-state index contributed by atoms with van der Waals surface area (Å²) >= 11 is 7.46. The smallest absolute Gasteiger partial charge is 0.230 e. The second kappa shape index (κ2) is 8.61. The lowest BCUT2D eigenvalue weighted by Crippen LogP contribution is -2.28. The minimum atomic E-state index is -0.0896. The summed E-state index contributed by atoms with van der Waals surface area (Å²) < 4.78 is 0. The van der Waals surface area contributed by atoms with Gasteiger partial charge in [-0.15, -0.1) is 11.8 Å². The molecule has 0 aliphatic heterocycles. The molecule has 2 aromatic carbocycles. The van der Waals surface area contributed by atoms with E-state index in [1.807, 2.05) is 49.4 Å². The number of carbonyl (C=O) groups excluding carboxylic acids is 1. The summed E-state index contributed by atoms with van der Waals surface area (Å²) in [5, 5.41) is 12.7. The van der Waals surface area contributed by atoms with Gasteiger partial charge in [0.2, 0.25) is 5.91 Å². The van der Waals surface area contributed by atoms with Gasteiger partial charge in [-0.1, -0.05) is 41.9 Å². The molecule has 23 heavy (non-hydrogen) atoms. The summed E-state index contributed by atoms with van der Waals surface area (Å²) in [6.07, 6.45) is 0. The molecule has 0 bridgehead atoms. The number of benzene rings is 2. The van der Waals surface area contributed by atoms with E-state index in [1.54, 1.807) is 6.07 Å². The highest BCUT2D eigenvalue weighted by Crippen LogP contribution is 2.19. The molecule has 118 valence electrons. The molecular formula is C18H17ClN2OS. The van der Waals surface area contributed by atoms with Crippen molar-refractivity contribution in [1.82, 2.24) is 5.32 Å². The first kappa shape index (κ1) is 17.4. The van der Waals surface area contributed by atoms with Crippen LogP contribution in [0, 0.1) is 11.3 Å². The van der Waals surface area contributed by atoms with Crippen molar-refractivity contribution in [1.29, 1.82) is 5.26 Å². The van der Waals surface area contributed by atoms with Gasteiger partial charge in [-0.25, -0.2) is 0 Å². The molecule has 0 radical (unpaired) electrons. The van der Waals surface area contributed by atoms with E-state index in [1.165, 1.54) is 11.8 Å². The number of halogens is 1. The van der Waals surface area contributed by atoms with Crippen LogP contribution in [0.5, 0.6) is 0 Å². The number of nitrogens with one attached hydrogen (secondary N) is 1. The van der Waals surface area contributed by atoms with Crippen molar-refractivity contribution in [3.05, 3.63) is 70.2 Å². The lowest BCUT2D eigenvalue weighted by Gasteiger charge is -2.14. The molecule has 0 heterocycles. The van der Waals surface area contributed by atoms with Crippen LogP contribution in [0.2, 0.25) is 5.02 Å². The average molecular weight is 345 g/mol. The molecule has 0 saturated carbocycles. The van der Waals surface area contributed by atoms with Crippen LogP contribution < -0.4 is 5.32 Å². The van der Waals surface area contributed by atoms with E-state index in [0.717, 1.165) is 11.1 Å². The Labute approximate surface area is 145 Å². The van der Waals surface area contributed by atoms with Crippen LogP contribution in [0.1, 0.15) is 29.7 Å². The molecule has 0 saturated heterocycles. The highest BCUT2D eigenvalue weighted by Gasteiger charge is 2.10. The van der Waals surface area contributed by atoms with Gasteiger partial charge < -0.3 is 5.32 Å². The van der Waals surface area contributed by atoms with E-state index in [9.17, 15) is 4.79 Å². The molecule has 1 amide bonds. The molecule has 0 spiro atoms. The highest BCUT2D eigenvalue weighted by molar-refractivity contribution is 7.99. The molecule has 5 heteroatoms. The van der Waals surface area contributed by atoms with Crippen molar-refractivity contribution in [2.24, 2.45) is 0 Å². The minimum Gasteiger partial charge on any atom is -0.349 e. The third kappa shape index (κ3) is 5.31. The van der Waals surface area contributed by atoms with Crippen LogP contribution in [0.3, 0.4) is 0 Å². The van der Waals surface area contributed by atoms with Crippen molar-refractivity contribution in [2.45, 2.75) is 18.7 Å².